The molecule has 1 aromatic carbocycles. The van der Waals surface area contributed by atoms with E-state index in [4.69, 9.17) is 21.1 Å². The van der Waals surface area contributed by atoms with Gasteiger partial charge in [0, 0.05) is 12.6 Å². The lowest BCUT2D eigenvalue weighted by atomic mass is 9.87. The molecule has 1 aliphatic heterocycles. The van der Waals surface area contributed by atoms with E-state index in [9.17, 15) is 0 Å². The lowest BCUT2D eigenvalue weighted by Crippen LogP contribution is -2.37. The number of ether oxygens (including phenoxy) is 2. The van der Waals surface area contributed by atoms with Crippen LogP contribution < -0.4 is 14.8 Å². The Bertz CT molecular complexity index is 501. The fraction of sp³-hybridized carbons (Fsp3) is 0.625. The Morgan fingerprint density at radius 1 is 1.30 bits per heavy atom. The summed E-state index contributed by atoms with van der Waals surface area (Å²) < 4.78 is 11.2. The summed E-state index contributed by atoms with van der Waals surface area (Å²) in [6.45, 7) is 6.67. The van der Waals surface area contributed by atoms with Gasteiger partial charge in [-0.3, -0.25) is 0 Å². The molecule has 0 radical (unpaired) electrons. The summed E-state index contributed by atoms with van der Waals surface area (Å²) >= 11 is 6.27. The summed E-state index contributed by atoms with van der Waals surface area (Å²) in [6.07, 6.45) is 3.87. The molecule has 0 aromatic heterocycles. The molecule has 20 heavy (non-hydrogen) atoms. The molecule has 1 N–H and O–H groups in total. The Balaban J connectivity index is 1.70. The van der Waals surface area contributed by atoms with Gasteiger partial charge < -0.3 is 14.8 Å². The third kappa shape index (κ3) is 2.75. The van der Waals surface area contributed by atoms with Gasteiger partial charge in [0.1, 0.15) is 13.2 Å². The summed E-state index contributed by atoms with van der Waals surface area (Å²) in [7, 11) is 0. The summed E-state index contributed by atoms with van der Waals surface area (Å²) in [5.74, 6) is 1.45. The lowest BCUT2D eigenvalue weighted by molar-refractivity contribution is 0.171. The molecule has 2 aliphatic rings. The number of fused-ring (bicyclic) bond motifs is 1. The summed E-state index contributed by atoms with van der Waals surface area (Å²) in [5, 5.41) is 4.31. The maximum atomic E-state index is 6.27. The molecule has 1 atom stereocenters. The van der Waals surface area contributed by atoms with Crippen LogP contribution in [0.3, 0.4) is 0 Å². The smallest absolute Gasteiger partial charge is 0.179 e. The maximum absolute atomic E-state index is 6.27. The quantitative estimate of drug-likeness (QED) is 0.920. The van der Waals surface area contributed by atoms with Gasteiger partial charge in [0.15, 0.2) is 11.5 Å². The van der Waals surface area contributed by atoms with Crippen molar-refractivity contribution in [1.29, 1.82) is 0 Å². The van der Waals surface area contributed by atoms with Crippen molar-refractivity contribution in [2.24, 2.45) is 5.41 Å². The van der Waals surface area contributed by atoms with Crippen LogP contribution in [0.4, 0.5) is 0 Å². The zero-order valence-corrected chi connectivity index (χ0v) is 12.9. The van der Waals surface area contributed by atoms with Crippen molar-refractivity contribution >= 4 is 11.6 Å². The van der Waals surface area contributed by atoms with Crippen LogP contribution in [0.5, 0.6) is 11.5 Å². The highest BCUT2D eigenvalue weighted by Crippen LogP contribution is 2.39. The molecular weight excluding hydrogens is 274 g/mol. The minimum Gasteiger partial charge on any atom is -0.486 e. The minimum absolute atomic E-state index is 0.387. The van der Waals surface area contributed by atoms with Crippen LogP contribution in [0.25, 0.3) is 0 Å². The predicted molar refractivity (Wildman–Crippen MR) is 80.7 cm³/mol. The maximum Gasteiger partial charge on any atom is 0.179 e. The SMILES string of the molecule is CC1(C)CCCC1NCc1cc(Cl)c2c(c1)OCCO2. The second kappa shape index (κ2) is 5.45. The van der Waals surface area contributed by atoms with Crippen LogP contribution in [0.2, 0.25) is 5.02 Å². The third-order valence-electron chi connectivity index (χ3n) is 4.47. The Morgan fingerprint density at radius 2 is 2.10 bits per heavy atom. The van der Waals surface area contributed by atoms with Gasteiger partial charge in [-0.25, -0.2) is 0 Å². The number of halogens is 1. The van der Waals surface area contributed by atoms with Crippen LogP contribution in [0, 0.1) is 5.41 Å². The van der Waals surface area contributed by atoms with E-state index in [2.05, 4.69) is 19.2 Å². The normalized spacial score (nSPS) is 23.9. The predicted octanol–water partition coefficient (Wildman–Crippen LogP) is 3.78. The third-order valence-corrected chi connectivity index (χ3v) is 4.75. The van der Waals surface area contributed by atoms with Crippen molar-refractivity contribution in [3.63, 3.8) is 0 Å². The summed E-state index contributed by atoms with van der Waals surface area (Å²) in [6, 6.07) is 4.59. The lowest BCUT2D eigenvalue weighted by Gasteiger charge is -2.28. The Labute approximate surface area is 125 Å². The molecule has 0 amide bonds. The van der Waals surface area contributed by atoms with E-state index >= 15 is 0 Å². The van der Waals surface area contributed by atoms with Crippen molar-refractivity contribution < 1.29 is 9.47 Å². The molecule has 110 valence electrons. The zero-order chi connectivity index (χ0) is 14.2. The molecule has 1 fully saturated rings. The molecule has 0 spiro atoms. The molecule has 0 saturated heterocycles. The highest BCUT2D eigenvalue weighted by Gasteiger charge is 2.33. The van der Waals surface area contributed by atoms with Crippen molar-refractivity contribution in [3.05, 3.63) is 22.7 Å². The Morgan fingerprint density at radius 3 is 2.85 bits per heavy atom. The first kappa shape index (κ1) is 14.0. The highest BCUT2D eigenvalue weighted by atomic mass is 35.5. The largest absolute Gasteiger partial charge is 0.486 e. The minimum atomic E-state index is 0.387. The van der Waals surface area contributed by atoms with Gasteiger partial charge in [0.2, 0.25) is 0 Å². The first-order chi connectivity index (χ1) is 9.56. The standard InChI is InChI=1S/C16H22ClNO2/c1-16(2)5-3-4-14(16)18-10-11-8-12(17)15-13(9-11)19-6-7-20-15/h8-9,14,18H,3-7,10H2,1-2H3. The average molecular weight is 296 g/mol. The van der Waals surface area contributed by atoms with Gasteiger partial charge in [-0.15, -0.1) is 0 Å². The molecule has 1 aromatic rings. The fourth-order valence-corrected chi connectivity index (χ4v) is 3.50. The number of benzene rings is 1. The Hall–Kier alpha value is -0.930. The van der Waals surface area contributed by atoms with E-state index in [-0.39, 0.29) is 0 Å². The monoisotopic (exact) mass is 295 g/mol. The zero-order valence-electron chi connectivity index (χ0n) is 12.2. The van der Waals surface area contributed by atoms with Crippen LogP contribution in [0.15, 0.2) is 12.1 Å². The number of rotatable bonds is 3. The number of hydrogen-bond acceptors (Lipinski definition) is 3. The molecule has 3 nitrogen and oxygen atoms in total. The first-order valence-corrected chi connectivity index (χ1v) is 7.75. The summed E-state index contributed by atoms with van der Waals surface area (Å²) in [5.41, 5.74) is 1.54. The average Bonchev–Trinajstić information content (AvgIpc) is 2.75. The van der Waals surface area contributed by atoms with Gasteiger partial charge in [0.25, 0.3) is 0 Å². The van der Waals surface area contributed by atoms with Crippen LogP contribution in [-0.2, 0) is 6.54 Å². The highest BCUT2D eigenvalue weighted by molar-refractivity contribution is 6.32. The molecule has 4 heteroatoms. The van der Waals surface area contributed by atoms with Crippen molar-refractivity contribution in [1.82, 2.24) is 5.32 Å². The van der Waals surface area contributed by atoms with Crippen LogP contribution in [-0.4, -0.2) is 19.3 Å². The summed E-state index contributed by atoms with van der Waals surface area (Å²) in [4.78, 5) is 0. The van der Waals surface area contributed by atoms with E-state index in [1.807, 2.05) is 12.1 Å². The number of nitrogens with one attached hydrogen (secondary N) is 1. The van der Waals surface area contributed by atoms with Gasteiger partial charge in [-0.2, -0.15) is 0 Å². The van der Waals surface area contributed by atoms with E-state index < -0.39 is 0 Å². The van der Waals surface area contributed by atoms with Crippen molar-refractivity contribution in [2.45, 2.75) is 45.7 Å². The van der Waals surface area contributed by atoms with E-state index in [1.165, 1.54) is 19.3 Å². The van der Waals surface area contributed by atoms with Crippen molar-refractivity contribution in [3.8, 4) is 11.5 Å². The topological polar surface area (TPSA) is 30.5 Å². The van der Waals surface area contributed by atoms with Gasteiger partial charge in [-0.1, -0.05) is 31.9 Å². The van der Waals surface area contributed by atoms with Crippen LogP contribution >= 0.6 is 11.6 Å². The molecular formula is C16H22ClNO2. The Kier molecular flexibility index (Phi) is 3.83. The van der Waals surface area contributed by atoms with E-state index in [0.717, 1.165) is 17.9 Å². The second-order valence-electron chi connectivity index (χ2n) is 6.42. The molecule has 1 heterocycles. The van der Waals surface area contributed by atoms with Gasteiger partial charge in [0.05, 0.1) is 5.02 Å². The number of hydrogen-bond donors (Lipinski definition) is 1. The first-order valence-electron chi connectivity index (χ1n) is 7.38. The molecule has 0 bridgehead atoms. The molecule has 1 saturated carbocycles. The van der Waals surface area contributed by atoms with E-state index in [0.29, 0.717) is 35.4 Å². The van der Waals surface area contributed by atoms with Gasteiger partial charge in [-0.05, 0) is 36.0 Å². The van der Waals surface area contributed by atoms with Gasteiger partial charge >= 0.3 is 0 Å². The molecule has 1 unspecified atom stereocenters. The van der Waals surface area contributed by atoms with E-state index in [1.54, 1.807) is 0 Å². The molecule has 1 aliphatic carbocycles. The second-order valence-corrected chi connectivity index (χ2v) is 6.82. The fourth-order valence-electron chi connectivity index (χ4n) is 3.21. The van der Waals surface area contributed by atoms with Crippen molar-refractivity contribution in [2.75, 3.05) is 13.2 Å². The molecule has 3 rings (SSSR count). The van der Waals surface area contributed by atoms with Crippen LogP contribution in [0.1, 0.15) is 38.7 Å².